The normalized spacial score (nSPS) is 17.3. The van der Waals surface area contributed by atoms with E-state index in [0.717, 1.165) is 31.0 Å². The highest BCUT2D eigenvalue weighted by atomic mass is 32.2. The van der Waals surface area contributed by atoms with E-state index in [1.54, 1.807) is 36.3 Å². The Balaban J connectivity index is 1.64. The maximum atomic E-state index is 15.0. The minimum atomic E-state index is -4.33. The monoisotopic (exact) mass is 498 g/mol. The van der Waals surface area contributed by atoms with Crippen molar-refractivity contribution >= 4 is 15.7 Å². The molecule has 35 heavy (non-hydrogen) atoms. The average molecular weight is 499 g/mol. The fraction of sp³-hybridized carbons (Fsp3) is 0.400. The van der Waals surface area contributed by atoms with Crippen molar-refractivity contribution in [3.05, 3.63) is 53.6 Å². The van der Waals surface area contributed by atoms with Crippen LogP contribution in [0.25, 0.3) is 22.4 Å². The Morgan fingerprint density at radius 2 is 1.89 bits per heavy atom. The Morgan fingerprint density at radius 1 is 1.14 bits per heavy atom. The number of aromatic nitrogens is 3. The first kappa shape index (κ1) is 23.6. The second-order valence-corrected chi connectivity index (χ2v) is 11.8. The summed E-state index contributed by atoms with van der Waals surface area (Å²) in [4.78, 5) is 18.3. The van der Waals surface area contributed by atoms with Crippen LogP contribution in [0.1, 0.15) is 48.5 Å². The number of halogens is 1. The van der Waals surface area contributed by atoms with Crippen LogP contribution in [0.15, 0.2) is 41.7 Å². The predicted octanol–water partition coefficient (Wildman–Crippen LogP) is 3.64. The van der Waals surface area contributed by atoms with E-state index in [-0.39, 0.29) is 17.0 Å². The van der Waals surface area contributed by atoms with Gasteiger partial charge in [-0.3, -0.25) is 9.48 Å². The highest BCUT2D eigenvalue weighted by molar-refractivity contribution is 7.91. The Morgan fingerprint density at radius 3 is 2.60 bits per heavy atom. The number of rotatable bonds is 6. The largest absolute Gasteiger partial charge is 0.380 e. The molecule has 3 heterocycles. The quantitative estimate of drug-likeness (QED) is 0.556. The number of aliphatic hydroxyl groups excluding tert-OH is 1. The molecule has 1 fully saturated rings. The lowest BCUT2D eigenvalue weighted by Gasteiger charge is -2.22. The number of nitrogens with zero attached hydrogens (tertiary/aromatic N) is 4. The lowest BCUT2D eigenvalue weighted by Crippen LogP contribution is -2.19. The van der Waals surface area contributed by atoms with Gasteiger partial charge in [0.1, 0.15) is 0 Å². The molecule has 1 aromatic carbocycles. The summed E-state index contributed by atoms with van der Waals surface area (Å²) in [6.07, 6.45) is 8.05. The molecule has 1 saturated carbocycles. The number of carbonyl (C=O) groups excluding carboxylic acids is 1. The van der Waals surface area contributed by atoms with E-state index in [1.165, 1.54) is 12.8 Å². The van der Waals surface area contributed by atoms with E-state index in [0.29, 0.717) is 28.8 Å². The maximum absolute atomic E-state index is 15.0. The van der Waals surface area contributed by atoms with Crippen LogP contribution in [0.5, 0.6) is 0 Å². The summed E-state index contributed by atoms with van der Waals surface area (Å²) in [7, 11) is -2.63. The molecule has 2 aromatic heterocycles. The van der Waals surface area contributed by atoms with E-state index in [2.05, 4.69) is 17.0 Å². The van der Waals surface area contributed by atoms with E-state index >= 15 is 4.39 Å². The van der Waals surface area contributed by atoms with Crippen LogP contribution < -0.4 is 0 Å². The van der Waals surface area contributed by atoms with Gasteiger partial charge in [0.2, 0.25) is 9.84 Å². The number of sulfone groups is 1. The first-order valence-corrected chi connectivity index (χ1v) is 13.2. The van der Waals surface area contributed by atoms with Gasteiger partial charge in [-0.15, -0.1) is 0 Å². The van der Waals surface area contributed by atoms with Crippen LogP contribution in [0.3, 0.4) is 0 Å². The average Bonchev–Trinajstić information content (AvgIpc) is 3.53. The van der Waals surface area contributed by atoms with Gasteiger partial charge in [-0.25, -0.2) is 17.8 Å². The summed E-state index contributed by atoms with van der Waals surface area (Å²) in [5, 5.41) is 13.0. The lowest BCUT2D eigenvalue weighted by atomic mass is 9.89. The lowest BCUT2D eigenvalue weighted by molar-refractivity contribution is 0.0816. The van der Waals surface area contributed by atoms with Gasteiger partial charge in [-0.05, 0) is 36.0 Å². The van der Waals surface area contributed by atoms with Crippen molar-refractivity contribution in [2.24, 2.45) is 5.41 Å². The minimum Gasteiger partial charge on any atom is -0.380 e. The number of hydrogen-bond donors (Lipinski definition) is 1. The van der Waals surface area contributed by atoms with Crippen molar-refractivity contribution in [1.29, 1.82) is 0 Å². The standard InChI is InChI=1S/C25H27FN4O4S/c1-25(7-3-4-8-25)14-30-13-18(11-27-30)19-10-21(26)23(35(33,34)15-31)28-22(19)16-5-6-17-12-29(2)24(32)20(17)9-16/h5-6,9-11,13,31H,3-4,7-8,12,14-15H2,1-2H3. The molecule has 5 rings (SSSR count). The van der Waals surface area contributed by atoms with E-state index in [9.17, 15) is 18.3 Å². The smallest absolute Gasteiger partial charge is 0.254 e. The van der Waals surface area contributed by atoms with Crippen LogP contribution in [-0.4, -0.2) is 52.1 Å². The number of fused-ring (bicyclic) bond motifs is 1. The number of hydrogen-bond acceptors (Lipinski definition) is 6. The zero-order valence-electron chi connectivity index (χ0n) is 19.7. The van der Waals surface area contributed by atoms with Gasteiger partial charge in [0, 0.05) is 48.6 Å². The fourth-order valence-corrected chi connectivity index (χ4v) is 5.86. The maximum Gasteiger partial charge on any atom is 0.254 e. The zero-order chi connectivity index (χ0) is 25.0. The molecule has 1 amide bonds. The number of amides is 1. The van der Waals surface area contributed by atoms with Crippen LogP contribution >= 0.6 is 0 Å². The van der Waals surface area contributed by atoms with Crippen molar-refractivity contribution in [2.75, 3.05) is 13.0 Å². The highest BCUT2D eigenvalue weighted by Crippen LogP contribution is 2.40. The topological polar surface area (TPSA) is 105 Å². The molecule has 184 valence electrons. The van der Waals surface area contributed by atoms with E-state index in [1.807, 2.05) is 10.9 Å². The summed E-state index contributed by atoms with van der Waals surface area (Å²) in [6, 6.07) is 6.31. The van der Waals surface area contributed by atoms with Gasteiger partial charge >= 0.3 is 0 Å². The van der Waals surface area contributed by atoms with Crippen molar-refractivity contribution in [3.63, 3.8) is 0 Å². The Kier molecular flexibility index (Phi) is 5.76. The molecule has 1 aliphatic carbocycles. The van der Waals surface area contributed by atoms with Crippen molar-refractivity contribution in [2.45, 2.75) is 50.7 Å². The molecule has 0 saturated heterocycles. The third-order valence-corrected chi connectivity index (χ3v) is 8.29. The third-order valence-electron chi connectivity index (χ3n) is 7.07. The number of benzene rings is 1. The molecule has 0 bridgehead atoms. The zero-order valence-corrected chi connectivity index (χ0v) is 20.5. The second kappa shape index (κ2) is 8.53. The fourth-order valence-electron chi connectivity index (χ4n) is 5.15. The molecule has 1 aliphatic heterocycles. The Bertz CT molecular complexity index is 1430. The number of aliphatic hydroxyl groups is 1. The molecule has 0 atom stereocenters. The van der Waals surface area contributed by atoms with Crippen LogP contribution in [0.2, 0.25) is 0 Å². The summed E-state index contributed by atoms with van der Waals surface area (Å²) in [5.41, 5.74) is 3.14. The Hall–Kier alpha value is -3.11. The molecule has 1 N–H and O–H groups in total. The van der Waals surface area contributed by atoms with Crippen molar-refractivity contribution < 1.29 is 22.7 Å². The van der Waals surface area contributed by atoms with Crippen LogP contribution in [0.4, 0.5) is 4.39 Å². The van der Waals surface area contributed by atoms with Gasteiger partial charge in [0.05, 0.1) is 11.9 Å². The van der Waals surface area contributed by atoms with Gasteiger partial charge in [-0.2, -0.15) is 5.10 Å². The van der Waals surface area contributed by atoms with Crippen molar-refractivity contribution in [1.82, 2.24) is 19.7 Å². The SMILES string of the molecule is CN1Cc2ccc(-c3nc(S(=O)(=O)CO)c(F)cc3-c3cnn(CC4(C)CCCC4)c3)cc2C1=O. The first-order valence-electron chi connectivity index (χ1n) is 11.6. The molecular formula is C25H27FN4O4S. The first-order chi connectivity index (χ1) is 16.6. The summed E-state index contributed by atoms with van der Waals surface area (Å²) >= 11 is 0. The van der Waals surface area contributed by atoms with Crippen LogP contribution in [0, 0.1) is 11.2 Å². The molecule has 0 spiro atoms. The van der Waals surface area contributed by atoms with Crippen LogP contribution in [-0.2, 0) is 22.9 Å². The molecule has 0 unspecified atom stereocenters. The summed E-state index contributed by atoms with van der Waals surface area (Å²) < 4.78 is 41.5. The third kappa shape index (κ3) is 4.25. The van der Waals surface area contributed by atoms with Gasteiger partial charge < -0.3 is 10.0 Å². The summed E-state index contributed by atoms with van der Waals surface area (Å²) in [5.74, 6) is -2.46. The van der Waals surface area contributed by atoms with E-state index in [4.69, 9.17) is 0 Å². The second-order valence-electron chi connectivity index (χ2n) is 9.89. The highest BCUT2D eigenvalue weighted by Gasteiger charge is 2.30. The molecular weight excluding hydrogens is 471 g/mol. The summed E-state index contributed by atoms with van der Waals surface area (Å²) in [6.45, 7) is 3.45. The number of pyridine rings is 1. The molecule has 2 aliphatic rings. The molecule has 0 radical (unpaired) electrons. The predicted molar refractivity (Wildman–Crippen MR) is 127 cm³/mol. The minimum absolute atomic E-state index is 0.147. The molecule has 3 aromatic rings. The Labute approximate surface area is 203 Å². The van der Waals surface area contributed by atoms with Gasteiger partial charge in [0.25, 0.3) is 5.91 Å². The van der Waals surface area contributed by atoms with E-state index < -0.39 is 26.6 Å². The van der Waals surface area contributed by atoms with Gasteiger partial charge in [0.15, 0.2) is 16.8 Å². The van der Waals surface area contributed by atoms with Gasteiger partial charge in [-0.1, -0.05) is 31.9 Å². The number of carbonyl (C=O) groups is 1. The molecule has 10 heteroatoms. The molecule has 8 nitrogen and oxygen atoms in total. The van der Waals surface area contributed by atoms with Crippen molar-refractivity contribution in [3.8, 4) is 22.4 Å².